The summed E-state index contributed by atoms with van der Waals surface area (Å²) >= 11 is 0. The number of aryl methyl sites for hydroxylation is 1. The van der Waals surface area contributed by atoms with Crippen LogP contribution in [-0.2, 0) is 11.3 Å². The molecule has 1 aromatic heterocycles. The topological polar surface area (TPSA) is 106 Å². The Bertz CT molecular complexity index is 450. The normalized spacial score (nSPS) is 12.5. The quantitative estimate of drug-likeness (QED) is 0.299. The fraction of sp³-hybridized carbons (Fsp3) is 0.545. The van der Waals surface area contributed by atoms with Gasteiger partial charge in [0.1, 0.15) is 5.41 Å². The second-order valence-electron chi connectivity index (χ2n) is 4.65. The van der Waals surface area contributed by atoms with Crippen LogP contribution >= 0.6 is 0 Å². The van der Waals surface area contributed by atoms with Crippen molar-refractivity contribution in [1.82, 2.24) is 15.1 Å². The lowest BCUT2D eigenvalue weighted by Gasteiger charge is -2.21. The molecule has 0 saturated heterocycles. The van der Waals surface area contributed by atoms with Crippen LogP contribution in [0.5, 0.6) is 0 Å². The Morgan fingerprint density at radius 3 is 2.83 bits per heavy atom. The van der Waals surface area contributed by atoms with Crippen LogP contribution in [0.25, 0.3) is 0 Å². The predicted molar refractivity (Wildman–Crippen MR) is 67.2 cm³/mol. The van der Waals surface area contributed by atoms with E-state index in [1.807, 2.05) is 13.1 Å². The van der Waals surface area contributed by atoms with Crippen LogP contribution in [-0.4, -0.2) is 33.3 Å². The van der Waals surface area contributed by atoms with Gasteiger partial charge in [-0.05, 0) is 26.3 Å². The maximum atomic E-state index is 11.8. The molecule has 18 heavy (non-hydrogen) atoms. The third kappa shape index (κ3) is 3.22. The van der Waals surface area contributed by atoms with E-state index in [0.29, 0.717) is 13.1 Å². The largest absolute Gasteiger partial charge is 0.409 e. The molecule has 0 radical (unpaired) electrons. The van der Waals surface area contributed by atoms with Crippen LogP contribution in [0.2, 0.25) is 0 Å². The number of hydrogen-bond donors (Lipinski definition) is 3. The van der Waals surface area contributed by atoms with Crippen molar-refractivity contribution >= 4 is 11.7 Å². The molecule has 100 valence electrons. The molecule has 0 aliphatic carbocycles. The minimum Gasteiger partial charge on any atom is -0.409 e. The number of aromatic nitrogens is 2. The van der Waals surface area contributed by atoms with Gasteiger partial charge < -0.3 is 16.3 Å². The van der Waals surface area contributed by atoms with E-state index in [-0.39, 0.29) is 11.7 Å². The van der Waals surface area contributed by atoms with Crippen molar-refractivity contribution in [3.8, 4) is 0 Å². The standard InChI is InChI=1S/C11H19N5O2/c1-8-6-14-16(7-8)5-4-13-10(17)11(2,3)9(12)15-18/h6-7,18H,4-5H2,1-3H3,(H2,12,15)(H,13,17). The molecule has 1 heterocycles. The molecule has 7 nitrogen and oxygen atoms in total. The highest BCUT2D eigenvalue weighted by atomic mass is 16.4. The van der Waals surface area contributed by atoms with Gasteiger partial charge in [0.25, 0.3) is 0 Å². The molecular weight excluding hydrogens is 234 g/mol. The van der Waals surface area contributed by atoms with Crippen molar-refractivity contribution in [2.75, 3.05) is 6.54 Å². The average molecular weight is 253 g/mol. The molecule has 0 spiro atoms. The van der Waals surface area contributed by atoms with Crippen LogP contribution in [0.1, 0.15) is 19.4 Å². The minimum absolute atomic E-state index is 0.116. The number of oxime groups is 1. The summed E-state index contributed by atoms with van der Waals surface area (Å²) < 4.78 is 1.74. The maximum absolute atomic E-state index is 11.8. The van der Waals surface area contributed by atoms with E-state index in [1.165, 1.54) is 0 Å². The highest BCUT2D eigenvalue weighted by Gasteiger charge is 2.32. The Labute approximate surface area is 106 Å². The lowest BCUT2D eigenvalue weighted by molar-refractivity contribution is -0.126. The van der Waals surface area contributed by atoms with E-state index in [0.717, 1.165) is 5.56 Å². The molecule has 0 bridgehead atoms. The van der Waals surface area contributed by atoms with Gasteiger partial charge in [0, 0.05) is 12.7 Å². The molecule has 0 aliphatic rings. The lowest BCUT2D eigenvalue weighted by atomic mass is 9.91. The number of hydrogen-bond acceptors (Lipinski definition) is 4. The van der Waals surface area contributed by atoms with Gasteiger partial charge in [-0.1, -0.05) is 5.16 Å². The smallest absolute Gasteiger partial charge is 0.233 e. The van der Waals surface area contributed by atoms with Crippen LogP contribution in [0.4, 0.5) is 0 Å². The number of amides is 1. The first-order valence-electron chi connectivity index (χ1n) is 5.63. The van der Waals surface area contributed by atoms with E-state index < -0.39 is 5.41 Å². The van der Waals surface area contributed by atoms with Gasteiger partial charge in [0.2, 0.25) is 5.91 Å². The summed E-state index contributed by atoms with van der Waals surface area (Å²) in [5, 5.41) is 18.3. The average Bonchev–Trinajstić information content (AvgIpc) is 2.73. The van der Waals surface area contributed by atoms with E-state index in [2.05, 4.69) is 15.6 Å². The first-order chi connectivity index (χ1) is 8.37. The highest BCUT2D eigenvalue weighted by molar-refractivity contribution is 6.05. The van der Waals surface area contributed by atoms with E-state index in [4.69, 9.17) is 10.9 Å². The number of carbonyl (C=O) groups is 1. The summed E-state index contributed by atoms with van der Waals surface area (Å²) in [6.07, 6.45) is 3.64. The third-order valence-corrected chi connectivity index (χ3v) is 2.70. The second kappa shape index (κ2) is 5.52. The molecule has 1 aromatic rings. The molecule has 0 aliphatic heterocycles. The molecule has 1 rings (SSSR count). The molecule has 0 aromatic carbocycles. The van der Waals surface area contributed by atoms with Gasteiger partial charge in [-0.25, -0.2) is 0 Å². The van der Waals surface area contributed by atoms with Crippen molar-refractivity contribution < 1.29 is 10.0 Å². The van der Waals surface area contributed by atoms with Crippen molar-refractivity contribution in [2.24, 2.45) is 16.3 Å². The zero-order chi connectivity index (χ0) is 13.8. The van der Waals surface area contributed by atoms with Crippen LogP contribution < -0.4 is 11.1 Å². The van der Waals surface area contributed by atoms with Gasteiger partial charge in [0.05, 0.1) is 12.7 Å². The molecule has 4 N–H and O–H groups in total. The first kappa shape index (κ1) is 14.0. The molecule has 0 atom stereocenters. The summed E-state index contributed by atoms with van der Waals surface area (Å²) in [6, 6.07) is 0. The third-order valence-electron chi connectivity index (χ3n) is 2.70. The number of nitrogens with zero attached hydrogens (tertiary/aromatic N) is 3. The van der Waals surface area contributed by atoms with Gasteiger partial charge in [-0.2, -0.15) is 5.10 Å². The SMILES string of the molecule is Cc1cnn(CCNC(=O)C(C)(C)C(N)=NO)c1. The Morgan fingerprint density at radius 1 is 1.67 bits per heavy atom. The van der Waals surface area contributed by atoms with Crippen molar-refractivity contribution in [2.45, 2.75) is 27.3 Å². The van der Waals surface area contributed by atoms with Gasteiger partial charge in [-0.3, -0.25) is 9.48 Å². The first-order valence-corrected chi connectivity index (χ1v) is 5.63. The minimum atomic E-state index is -1.03. The summed E-state index contributed by atoms with van der Waals surface area (Å²) in [6.45, 7) is 6.14. The van der Waals surface area contributed by atoms with Gasteiger partial charge >= 0.3 is 0 Å². The molecule has 7 heteroatoms. The number of nitrogens with one attached hydrogen (secondary N) is 1. The van der Waals surface area contributed by atoms with Crippen LogP contribution in [0, 0.1) is 12.3 Å². The van der Waals surface area contributed by atoms with E-state index in [9.17, 15) is 4.79 Å². The summed E-state index contributed by atoms with van der Waals surface area (Å²) in [5.41, 5.74) is 5.49. The predicted octanol–water partition coefficient (Wildman–Crippen LogP) is 0.0803. The zero-order valence-electron chi connectivity index (χ0n) is 10.8. The van der Waals surface area contributed by atoms with Gasteiger partial charge in [0.15, 0.2) is 5.84 Å². The number of rotatable bonds is 5. The molecule has 0 fully saturated rings. The highest BCUT2D eigenvalue weighted by Crippen LogP contribution is 2.14. The fourth-order valence-electron chi connectivity index (χ4n) is 1.34. The van der Waals surface area contributed by atoms with Crippen LogP contribution in [0.3, 0.4) is 0 Å². The Morgan fingerprint density at radius 2 is 2.33 bits per heavy atom. The maximum Gasteiger partial charge on any atom is 0.233 e. The monoisotopic (exact) mass is 253 g/mol. The number of amidine groups is 1. The Kier molecular flexibility index (Phi) is 4.30. The molecular formula is C11H19N5O2. The van der Waals surface area contributed by atoms with E-state index >= 15 is 0 Å². The van der Waals surface area contributed by atoms with Crippen molar-refractivity contribution in [1.29, 1.82) is 0 Å². The summed E-state index contributed by atoms with van der Waals surface area (Å²) in [5.74, 6) is -0.406. The Balaban J connectivity index is 2.47. The number of nitrogens with two attached hydrogens (primary N) is 1. The molecule has 0 saturated carbocycles. The second-order valence-corrected chi connectivity index (χ2v) is 4.65. The van der Waals surface area contributed by atoms with Crippen molar-refractivity contribution in [3.05, 3.63) is 18.0 Å². The lowest BCUT2D eigenvalue weighted by Crippen LogP contribution is -2.46. The molecule has 0 unspecified atom stereocenters. The Hall–Kier alpha value is -2.05. The van der Waals surface area contributed by atoms with Gasteiger partial charge in [-0.15, -0.1) is 0 Å². The van der Waals surface area contributed by atoms with Crippen LogP contribution in [0.15, 0.2) is 17.5 Å². The summed E-state index contributed by atoms with van der Waals surface area (Å²) in [4.78, 5) is 11.8. The van der Waals surface area contributed by atoms with Crippen molar-refractivity contribution in [3.63, 3.8) is 0 Å². The summed E-state index contributed by atoms with van der Waals surface area (Å²) in [7, 11) is 0. The number of carbonyl (C=O) groups excluding carboxylic acids is 1. The fourth-order valence-corrected chi connectivity index (χ4v) is 1.34. The zero-order valence-corrected chi connectivity index (χ0v) is 10.8. The van der Waals surface area contributed by atoms with E-state index in [1.54, 1.807) is 24.7 Å². The molecule has 1 amide bonds.